The van der Waals surface area contributed by atoms with Gasteiger partial charge in [-0.3, -0.25) is 76.9 Å². The maximum Gasteiger partial charge on any atom is 0.326 e. The first-order valence-corrected chi connectivity index (χ1v) is 38.1. The fraction of sp³-hybridized carbons (Fsp3) is 0.662. The highest BCUT2D eigenvalue weighted by atomic mass is 32.2. The van der Waals surface area contributed by atoms with Crippen molar-refractivity contribution in [2.45, 2.75) is 224 Å². The second-order valence-electron chi connectivity index (χ2n) is 27.6. The van der Waals surface area contributed by atoms with Crippen molar-refractivity contribution in [3.05, 3.63) is 29.8 Å². The first-order valence-electron chi connectivity index (χ1n) is 35.3. The normalized spacial score (nSPS) is 14.8. The molecule has 13 atom stereocenters. The maximum atomic E-state index is 14.4. The topological polar surface area (TPSA) is 635 Å². The van der Waals surface area contributed by atoms with Gasteiger partial charge in [-0.25, -0.2) is 4.79 Å². The Morgan fingerprint density at radius 2 is 0.741 bits per heavy atom. The molecular formula is C68H113N17O21S2. The van der Waals surface area contributed by atoms with Crippen molar-refractivity contribution in [1.82, 2.24) is 63.8 Å². The standard InChI is InChI=1S/C68H113N17O21S2/c1-33(2)25-40(69)56(94)80-46(27-35(5)6)60(98)77-42(20-23-107-10)57(95)74-37(9)55(93)79-45(26-34(3)4)62(100)84-50(31-54(91)92)65(103)82-48(29-38-14-16-39(87)17-15-38)63(101)85-51(32-86)66(104)75-41(18-19-52(70)88)58(96)76-43(21-24-108-11)59(97)83-49(30-53(89)90)64(102)81-47(28-36(7)8)61(99)78-44(67(105)106)13-12-22-73-68(71)72/h14-17,33-37,40-51,86-87H,12-13,18-32,69H2,1-11H3,(H2,70,88)(H,74,95)(H,75,104)(H,76,96)(H,77,98)(H,78,99)(H,79,93)(H,80,94)(H,81,102)(H,82,103)(H,83,97)(H,84,100)(H,85,101)(H,89,90)(H,91,92)(H,105,106)(H4,71,72,73)/t37-,40-,41-,42-,43-,44-,45-,46-,47-,48-,49-,50-,51-/m0/s1. The minimum Gasteiger partial charge on any atom is -0.508 e. The lowest BCUT2D eigenvalue weighted by atomic mass is 10.00. The molecule has 0 unspecified atom stereocenters. The molecule has 1 rings (SSSR count). The molecule has 38 nitrogen and oxygen atoms in total. The molecule has 0 aliphatic carbocycles. The summed E-state index contributed by atoms with van der Waals surface area (Å²) < 4.78 is 0. The molecule has 608 valence electrons. The predicted octanol–water partition coefficient (Wildman–Crippen LogP) is -3.86. The van der Waals surface area contributed by atoms with Crippen LogP contribution in [0.3, 0.4) is 0 Å². The number of rotatable bonds is 53. The van der Waals surface area contributed by atoms with Gasteiger partial charge < -0.3 is 112 Å². The zero-order chi connectivity index (χ0) is 82.2. The number of amides is 13. The second-order valence-corrected chi connectivity index (χ2v) is 29.6. The number of phenolic OH excluding ortho intramolecular Hbond substituents is 1. The molecule has 0 fully saturated rings. The zero-order valence-electron chi connectivity index (χ0n) is 63.0. The predicted molar refractivity (Wildman–Crippen MR) is 400 cm³/mol. The summed E-state index contributed by atoms with van der Waals surface area (Å²) in [6.07, 6.45) is -0.354. The number of carbonyl (C=O) groups excluding carboxylic acids is 13. The van der Waals surface area contributed by atoms with Crippen molar-refractivity contribution >= 4 is 124 Å². The van der Waals surface area contributed by atoms with Crippen LogP contribution in [0.25, 0.3) is 0 Å². The van der Waals surface area contributed by atoms with Gasteiger partial charge in [0.1, 0.15) is 78.3 Å². The molecule has 25 N–H and O–H groups in total. The summed E-state index contributed by atoms with van der Waals surface area (Å²) in [7, 11) is 0. The van der Waals surface area contributed by atoms with E-state index in [-0.39, 0.29) is 98.2 Å². The SMILES string of the molecule is CSCC[C@H](NC(=O)[C@H](CC(C)C)NC(=O)[C@@H](N)CC(C)C)C(=O)N[C@@H](C)C(=O)N[C@@H](CC(C)C)C(=O)N[C@@H](CC(=O)O)C(=O)N[C@@H](Cc1ccc(O)cc1)C(=O)N[C@@H](CO)C(=O)N[C@@H](CCC(N)=O)C(=O)N[C@@H](CCSC)C(=O)N[C@@H](CC(=O)O)C(=O)N[C@@H](CC(C)C)C(=O)N[C@@H](CCCN=C(N)N)C(=O)O. The maximum absolute atomic E-state index is 14.4. The molecule has 13 amide bonds. The van der Waals surface area contributed by atoms with Crippen LogP contribution >= 0.6 is 23.5 Å². The molecule has 0 spiro atoms. The number of nitrogens with zero attached hydrogens (tertiary/aromatic N) is 1. The molecule has 108 heavy (non-hydrogen) atoms. The monoisotopic (exact) mass is 1570 g/mol. The lowest BCUT2D eigenvalue weighted by molar-refractivity contribution is -0.143. The van der Waals surface area contributed by atoms with Crippen LogP contribution in [-0.2, 0) is 83.1 Å². The summed E-state index contributed by atoms with van der Waals surface area (Å²) in [6.45, 7) is 14.2. The Morgan fingerprint density at radius 3 is 1.13 bits per heavy atom. The van der Waals surface area contributed by atoms with Gasteiger partial charge in [0.2, 0.25) is 76.8 Å². The number of nitrogens with one attached hydrogen (secondary N) is 12. The minimum atomic E-state index is -2.03. The third-order valence-corrected chi connectivity index (χ3v) is 17.3. The number of aliphatic imine (C=N–C) groups is 1. The van der Waals surface area contributed by atoms with Gasteiger partial charge in [-0.15, -0.1) is 0 Å². The first-order chi connectivity index (χ1) is 50.5. The summed E-state index contributed by atoms with van der Waals surface area (Å²) in [5.41, 5.74) is 22.4. The van der Waals surface area contributed by atoms with E-state index in [2.05, 4.69) is 68.8 Å². The van der Waals surface area contributed by atoms with Gasteiger partial charge in [0.25, 0.3) is 0 Å². The molecule has 0 aromatic heterocycles. The van der Waals surface area contributed by atoms with E-state index in [1.54, 1.807) is 40.2 Å². The quantitative estimate of drug-likeness (QED) is 0.0169. The van der Waals surface area contributed by atoms with Crippen LogP contribution in [0.4, 0.5) is 0 Å². The molecular weight excluding hydrogens is 1450 g/mol. The Labute approximate surface area is 636 Å². The van der Waals surface area contributed by atoms with Gasteiger partial charge in [-0.05, 0) is 130 Å². The summed E-state index contributed by atoms with van der Waals surface area (Å²) in [5, 5.41) is 79.5. The first kappa shape index (κ1) is 96.4. The molecule has 0 heterocycles. The number of primary amides is 1. The third-order valence-electron chi connectivity index (χ3n) is 16.0. The molecule has 0 bridgehead atoms. The second kappa shape index (κ2) is 50.1. The lowest BCUT2D eigenvalue weighted by Gasteiger charge is -2.28. The number of thioether (sulfide) groups is 2. The average Bonchev–Trinajstić information content (AvgIpc) is 0.855. The van der Waals surface area contributed by atoms with Crippen molar-refractivity contribution in [1.29, 1.82) is 0 Å². The van der Waals surface area contributed by atoms with E-state index >= 15 is 0 Å². The van der Waals surface area contributed by atoms with Crippen molar-refractivity contribution in [3.8, 4) is 5.75 Å². The van der Waals surface area contributed by atoms with Gasteiger partial charge in [0.05, 0.1) is 25.5 Å². The lowest BCUT2D eigenvalue weighted by Crippen LogP contribution is -2.61. The van der Waals surface area contributed by atoms with E-state index in [4.69, 9.17) is 22.9 Å². The number of nitrogens with two attached hydrogens (primary N) is 4. The van der Waals surface area contributed by atoms with E-state index in [1.807, 2.05) is 27.7 Å². The Morgan fingerprint density at radius 1 is 0.407 bits per heavy atom. The van der Waals surface area contributed by atoms with Crippen molar-refractivity contribution in [2.24, 2.45) is 51.6 Å². The van der Waals surface area contributed by atoms with Crippen molar-refractivity contribution < 1.29 is 102 Å². The summed E-state index contributed by atoms with van der Waals surface area (Å²) in [4.78, 5) is 220. The summed E-state index contributed by atoms with van der Waals surface area (Å²) >= 11 is 2.55. The number of aromatic hydroxyl groups is 1. The number of phenols is 1. The Bertz CT molecular complexity index is 3240. The smallest absolute Gasteiger partial charge is 0.326 e. The van der Waals surface area contributed by atoms with Crippen molar-refractivity contribution in [2.75, 3.05) is 37.2 Å². The Balaban J connectivity index is 3.63. The Kier molecular flexibility index (Phi) is 44.8. The molecule has 1 aromatic rings. The largest absolute Gasteiger partial charge is 0.508 e. The average molecular weight is 1570 g/mol. The van der Waals surface area contributed by atoms with Crippen LogP contribution < -0.4 is 86.7 Å². The van der Waals surface area contributed by atoms with E-state index in [9.17, 15) is 102 Å². The Hall–Kier alpha value is -9.57. The highest BCUT2D eigenvalue weighted by molar-refractivity contribution is 7.98. The molecule has 0 saturated heterocycles. The number of carbonyl (C=O) groups is 16. The van der Waals surface area contributed by atoms with E-state index < -0.39 is 212 Å². The molecule has 0 aliphatic heterocycles. The van der Waals surface area contributed by atoms with Gasteiger partial charge in [-0.2, -0.15) is 23.5 Å². The minimum absolute atomic E-state index is 0.0256. The van der Waals surface area contributed by atoms with Crippen LogP contribution in [0.2, 0.25) is 0 Å². The van der Waals surface area contributed by atoms with E-state index in [0.717, 1.165) is 0 Å². The van der Waals surface area contributed by atoms with Crippen LogP contribution in [0.5, 0.6) is 5.75 Å². The summed E-state index contributed by atoms with van der Waals surface area (Å²) in [6, 6.07) is -15.2. The zero-order valence-corrected chi connectivity index (χ0v) is 64.6. The van der Waals surface area contributed by atoms with Gasteiger partial charge in [0, 0.05) is 19.4 Å². The summed E-state index contributed by atoms with van der Waals surface area (Å²) in [5.74, 6) is -18.8. The number of guanidine groups is 1. The van der Waals surface area contributed by atoms with Crippen LogP contribution in [0.15, 0.2) is 29.3 Å². The van der Waals surface area contributed by atoms with Crippen LogP contribution in [0, 0.1) is 23.7 Å². The van der Waals surface area contributed by atoms with Gasteiger partial charge in [0.15, 0.2) is 5.96 Å². The number of aliphatic hydroxyl groups excluding tert-OH is 1. The van der Waals surface area contributed by atoms with Crippen LogP contribution in [-0.4, -0.2) is 242 Å². The van der Waals surface area contributed by atoms with Gasteiger partial charge in [-0.1, -0.05) is 67.5 Å². The number of aliphatic hydroxyl groups is 1. The molecule has 0 radical (unpaired) electrons. The number of carboxylic acids is 3. The fourth-order valence-electron chi connectivity index (χ4n) is 10.5. The number of carboxylic acid groups (broad SMARTS) is 3. The molecule has 40 heteroatoms. The number of hydrogen-bond acceptors (Lipinski definition) is 22. The molecule has 0 aliphatic rings. The number of benzene rings is 1. The van der Waals surface area contributed by atoms with E-state index in [0.29, 0.717) is 12.2 Å². The van der Waals surface area contributed by atoms with Crippen molar-refractivity contribution in [3.63, 3.8) is 0 Å². The third kappa shape index (κ3) is 38.8. The molecule has 1 aromatic carbocycles. The van der Waals surface area contributed by atoms with Crippen LogP contribution in [0.1, 0.15) is 145 Å². The number of hydrogen-bond donors (Lipinski definition) is 21. The van der Waals surface area contributed by atoms with Gasteiger partial charge >= 0.3 is 17.9 Å². The fourth-order valence-corrected chi connectivity index (χ4v) is 11.4. The highest BCUT2D eigenvalue weighted by Gasteiger charge is 2.38. The van der Waals surface area contributed by atoms with E-state index in [1.165, 1.54) is 54.7 Å². The number of aliphatic carboxylic acids is 3. The molecule has 0 saturated carbocycles. The highest BCUT2D eigenvalue weighted by Crippen LogP contribution is 2.16.